The first kappa shape index (κ1) is 13.7. The second-order valence-corrected chi connectivity index (χ2v) is 5.83. The van der Waals surface area contributed by atoms with Crippen LogP contribution in [0.15, 0.2) is 18.2 Å². The van der Waals surface area contributed by atoms with Gasteiger partial charge in [-0.25, -0.2) is 0 Å². The van der Waals surface area contributed by atoms with Crippen LogP contribution in [0.4, 0.5) is 11.4 Å². The summed E-state index contributed by atoms with van der Waals surface area (Å²) in [4.78, 5) is 2.49. The number of nitriles is 1. The molecule has 1 aliphatic rings. The molecule has 19 heavy (non-hydrogen) atoms. The van der Waals surface area contributed by atoms with E-state index in [1.54, 1.807) is 0 Å². The van der Waals surface area contributed by atoms with E-state index in [2.05, 4.69) is 36.9 Å². The Morgan fingerprint density at radius 1 is 1.42 bits per heavy atom. The van der Waals surface area contributed by atoms with Gasteiger partial charge in [0.15, 0.2) is 0 Å². The minimum absolute atomic E-state index is 0.391. The Bertz CT molecular complexity index is 469. The number of nitrogens with zero attached hydrogens (tertiary/aromatic N) is 2. The summed E-state index contributed by atoms with van der Waals surface area (Å²) in [6, 6.07) is 9.00. The molecule has 3 heteroatoms. The maximum Gasteiger partial charge on any atom is 0.0670 e. The first-order valence-corrected chi connectivity index (χ1v) is 7.13. The molecule has 1 aliphatic carbocycles. The minimum atomic E-state index is 0.391. The third-order valence-corrected chi connectivity index (χ3v) is 3.66. The van der Waals surface area contributed by atoms with E-state index in [1.165, 1.54) is 24.9 Å². The van der Waals surface area contributed by atoms with Gasteiger partial charge in [-0.3, -0.25) is 0 Å². The monoisotopic (exact) mass is 257 g/mol. The van der Waals surface area contributed by atoms with Crippen LogP contribution in [0.2, 0.25) is 0 Å². The van der Waals surface area contributed by atoms with Crippen LogP contribution in [-0.2, 0) is 6.42 Å². The summed E-state index contributed by atoms with van der Waals surface area (Å²) in [7, 11) is 0. The lowest BCUT2D eigenvalue weighted by molar-refractivity contribution is 0.571. The Kier molecular flexibility index (Phi) is 4.31. The van der Waals surface area contributed by atoms with Crippen molar-refractivity contribution < 1.29 is 0 Å². The zero-order valence-corrected chi connectivity index (χ0v) is 11.9. The molecule has 0 spiro atoms. The fourth-order valence-corrected chi connectivity index (χ4v) is 2.32. The second kappa shape index (κ2) is 5.97. The van der Waals surface area contributed by atoms with Crippen LogP contribution in [0, 0.1) is 17.2 Å². The van der Waals surface area contributed by atoms with Crippen molar-refractivity contribution >= 4 is 11.4 Å². The van der Waals surface area contributed by atoms with Gasteiger partial charge in [0.05, 0.1) is 12.5 Å². The van der Waals surface area contributed by atoms with Crippen molar-refractivity contribution in [2.75, 3.05) is 17.2 Å². The highest BCUT2D eigenvalue weighted by Gasteiger charge is 2.29. The summed E-state index contributed by atoms with van der Waals surface area (Å²) in [6.07, 6.45) is 4.17. The summed E-state index contributed by atoms with van der Waals surface area (Å²) < 4.78 is 0. The van der Waals surface area contributed by atoms with Crippen molar-refractivity contribution in [3.05, 3.63) is 23.8 Å². The quantitative estimate of drug-likeness (QED) is 0.795. The number of rotatable bonds is 6. The third kappa shape index (κ3) is 3.64. The molecular formula is C16H23N3. The number of anilines is 2. The van der Waals surface area contributed by atoms with Crippen molar-refractivity contribution in [1.29, 1.82) is 5.26 Å². The van der Waals surface area contributed by atoms with Crippen molar-refractivity contribution in [1.82, 2.24) is 0 Å². The summed E-state index contributed by atoms with van der Waals surface area (Å²) >= 11 is 0. The summed E-state index contributed by atoms with van der Waals surface area (Å²) in [5.74, 6) is 0.716. The number of hydrogen-bond donors (Lipinski definition) is 1. The predicted octanol–water partition coefficient (Wildman–Crippen LogP) is 3.35. The van der Waals surface area contributed by atoms with E-state index in [0.717, 1.165) is 17.8 Å². The SMILES string of the molecule is CC(C)CCN(c1ccc(N)c(CC#N)c1)C1CC1. The largest absolute Gasteiger partial charge is 0.398 e. The highest BCUT2D eigenvalue weighted by Crippen LogP contribution is 2.33. The normalized spacial score (nSPS) is 14.4. The van der Waals surface area contributed by atoms with Gasteiger partial charge in [0.1, 0.15) is 0 Å². The van der Waals surface area contributed by atoms with Crippen molar-refractivity contribution in [2.24, 2.45) is 5.92 Å². The second-order valence-electron chi connectivity index (χ2n) is 5.83. The zero-order chi connectivity index (χ0) is 13.8. The van der Waals surface area contributed by atoms with Crippen molar-refractivity contribution in [2.45, 2.75) is 45.6 Å². The molecule has 3 nitrogen and oxygen atoms in total. The van der Waals surface area contributed by atoms with E-state index >= 15 is 0 Å². The molecule has 2 N–H and O–H groups in total. The fraction of sp³-hybridized carbons (Fsp3) is 0.562. The maximum absolute atomic E-state index is 8.85. The van der Waals surface area contributed by atoms with Gasteiger partial charge >= 0.3 is 0 Å². The Balaban J connectivity index is 2.17. The molecule has 0 aromatic heterocycles. The van der Waals surface area contributed by atoms with Crippen LogP contribution in [0.25, 0.3) is 0 Å². The van der Waals surface area contributed by atoms with E-state index in [1.807, 2.05) is 6.07 Å². The standard InChI is InChI=1S/C16H23N3/c1-12(2)8-10-19(14-3-4-14)15-5-6-16(18)13(11-15)7-9-17/h5-6,11-12,14H,3-4,7-8,10,18H2,1-2H3. The Morgan fingerprint density at radius 3 is 2.74 bits per heavy atom. The van der Waals surface area contributed by atoms with Gasteiger partial charge in [-0.05, 0) is 48.9 Å². The van der Waals surface area contributed by atoms with Crippen molar-refractivity contribution in [3.63, 3.8) is 0 Å². The number of benzene rings is 1. The Labute approximate surface area is 116 Å². The first-order valence-electron chi connectivity index (χ1n) is 7.13. The Morgan fingerprint density at radius 2 is 2.16 bits per heavy atom. The molecule has 0 aliphatic heterocycles. The number of nitrogen functional groups attached to an aromatic ring is 1. The molecule has 2 rings (SSSR count). The molecule has 1 fully saturated rings. The maximum atomic E-state index is 8.85. The van der Waals surface area contributed by atoms with Gasteiger partial charge in [-0.15, -0.1) is 0 Å². The van der Waals surface area contributed by atoms with Gasteiger partial charge in [0, 0.05) is 24.0 Å². The molecule has 0 heterocycles. The van der Waals surface area contributed by atoms with Gasteiger partial charge in [-0.2, -0.15) is 5.26 Å². The molecule has 0 unspecified atom stereocenters. The van der Waals surface area contributed by atoms with E-state index < -0.39 is 0 Å². The Hall–Kier alpha value is -1.69. The summed E-state index contributed by atoms with van der Waals surface area (Å²) in [6.45, 7) is 5.61. The molecule has 102 valence electrons. The van der Waals surface area contributed by atoms with Crippen LogP contribution in [0.1, 0.15) is 38.7 Å². The minimum Gasteiger partial charge on any atom is -0.398 e. The highest BCUT2D eigenvalue weighted by atomic mass is 15.2. The number of hydrogen-bond acceptors (Lipinski definition) is 3. The van der Waals surface area contributed by atoms with Gasteiger partial charge in [-0.1, -0.05) is 13.8 Å². The van der Waals surface area contributed by atoms with E-state index in [9.17, 15) is 0 Å². The van der Waals surface area contributed by atoms with Crippen molar-refractivity contribution in [3.8, 4) is 6.07 Å². The molecule has 0 amide bonds. The van der Waals surface area contributed by atoms with Crippen LogP contribution in [0.5, 0.6) is 0 Å². The van der Waals surface area contributed by atoms with E-state index in [4.69, 9.17) is 11.0 Å². The van der Waals surface area contributed by atoms with Gasteiger partial charge < -0.3 is 10.6 Å². The highest BCUT2D eigenvalue weighted by molar-refractivity contribution is 5.60. The molecule has 0 saturated heterocycles. The molecule has 0 radical (unpaired) electrons. The van der Waals surface area contributed by atoms with Crippen LogP contribution < -0.4 is 10.6 Å². The fourth-order valence-electron chi connectivity index (χ4n) is 2.32. The molecule has 1 saturated carbocycles. The molecule has 1 aromatic rings. The first-order chi connectivity index (χ1) is 9.11. The number of nitrogens with two attached hydrogens (primary N) is 1. The van der Waals surface area contributed by atoms with Crippen LogP contribution in [-0.4, -0.2) is 12.6 Å². The lowest BCUT2D eigenvalue weighted by Crippen LogP contribution is -2.27. The zero-order valence-electron chi connectivity index (χ0n) is 11.9. The van der Waals surface area contributed by atoms with Crippen LogP contribution in [0.3, 0.4) is 0 Å². The molecule has 0 bridgehead atoms. The molecular weight excluding hydrogens is 234 g/mol. The summed E-state index contributed by atoms with van der Waals surface area (Å²) in [5, 5.41) is 8.85. The third-order valence-electron chi connectivity index (χ3n) is 3.66. The van der Waals surface area contributed by atoms with Gasteiger partial charge in [0.25, 0.3) is 0 Å². The predicted molar refractivity (Wildman–Crippen MR) is 80.0 cm³/mol. The van der Waals surface area contributed by atoms with Crippen LogP contribution >= 0.6 is 0 Å². The topological polar surface area (TPSA) is 53.0 Å². The average molecular weight is 257 g/mol. The van der Waals surface area contributed by atoms with E-state index in [0.29, 0.717) is 18.4 Å². The average Bonchev–Trinajstić information content (AvgIpc) is 3.17. The molecule has 0 atom stereocenters. The smallest absolute Gasteiger partial charge is 0.0670 e. The van der Waals surface area contributed by atoms with E-state index in [-0.39, 0.29) is 0 Å². The lowest BCUT2D eigenvalue weighted by atomic mass is 10.1. The molecule has 1 aromatic carbocycles. The van der Waals surface area contributed by atoms with Gasteiger partial charge in [0.2, 0.25) is 0 Å². The lowest BCUT2D eigenvalue weighted by Gasteiger charge is -2.26. The summed E-state index contributed by atoms with van der Waals surface area (Å²) in [5.41, 5.74) is 8.83.